The Labute approximate surface area is 286 Å². The van der Waals surface area contributed by atoms with Gasteiger partial charge in [0.15, 0.2) is 0 Å². The van der Waals surface area contributed by atoms with Crippen LogP contribution in [0.5, 0.6) is 0 Å². The minimum Gasteiger partial charge on any atom is -0.465 e. The largest absolute Gasteiger partial charge is 0.465 e. The maximum atomic E-state index is 13.7. The fraction of sp³-hybridized carbons (Fsp3) is 0.351. The van der Waals surface area contributed by atoms with Crippen molar-refractivity contribution in [1.29, 1.82) is 5.26 Å². The van der Waals surface area contributed by atoms with Crippen molar-refractivity contribution in [2.75, 3.05) is 6.54 Å². The molecule has 2 aromatic carbocycles. The molecule has 12 heteroatoms. The highest BCUT2D eigenvalue weighted by Gasteiger charge is 2.28. The SMILES string of the molecule is Cc1ccc(CNC(=O)[C@H](Cc2ccccc2)NC(=O)[C@H](CCC(=O)NC(C)(C)C)NC(=O)CCNC(=O)/C(C#N)=C/c2ccco2)cc1. The number of nitrogens with zero attached hydrogens (tertiary/aromatic N) is 1. The monoisotopic (exact) mass is 668 g/mol. The number of carbonyl (C=O) groups excluding carboxylic acids is 5. The van der Waals surface area contributed by atoms with Crippen molar-refractivity contribution in [2.24, 2.45) is 0 Å². The second-order valence-corrected chi connectivity index (χ2v) is 12.6. The third-order valence-corrected chi connectivity index (χ3v) is 7.16. The van der Waals surface area contributed by atoms with Crippen molar-refractivity contribution in [3.63, 3.8) is 0 Å². The summed E-state index contributed by atoms with van der Waals surface area (Å²) in [4.78, 5) is 65.2. The number of benzene rings is 2. The lowest BCUT2D eigenvalue weighted by molar-refractivity contribution is -0.133. The molecule has 1 aromatic heterocycles. The van der Waals surface area contributed by atoms with Crippen LogP contribution in [0.15, 0.2) is 83.0 Å². The summed E-state index contributed by atoms with van der Waals surface area (Å²) in [5.41, 5.74) is 2.09. The Bertz CT molecular complexity index is 1640. The van der Waals surface area contributed by atoms with Gasteiger partial charge in [-0.1, -0.05) is 60.2 Å². The topological polar surface area (TPSA) is 182 Å². The van der Waals surface area contributed by atoms with Crippen LogP contribution in [0.4, 0.5) is 0 Å². The molecule has 0 aliphatic carbocycles. The first-order valence-electron chi connectivity index (χ1n) is 16.0. The number of rotatable bonds is 16. The third-order valence-electron chi connectivity index (χ3n) is 7.16. The molecule has 0 bridgehead atoms. The Morgan fingerprint density at radius 3 is 2.16 bits per heavy atom. The molecule has 3 rings (SSSR count). The maximum absolute atomic E-state index is 13.7. The minimum atomic E-state index is -1.16. The van der Waals surface area contributed by atoms with Gasteiger partial charge in [0.1, 0.15) is 29.5 Å². The summed E-state index contributed by atoms with van der Waals surface area (Å²) in [6, 6.07) is 19.8. The number of carbonyl (C=O) groups is 5. The van der Waals surface area contributed by atoms with Crippen LogP contribution >= 0.6 is 0 Å². The molecule has 0 fully saturated rings. The van der Waals surface area contributed by atoms with Gasteiger partial charge in [-0.3, -0.25) is 24.0 Å². The Kier molecular flexibility index (Phi) is 14.3. The molecule has 0 aliphatic rings. The molecule has 12 nitrogen and oxygen atoms in total. The molecule has 2 atom stereocenters. The second-order valence-electron chi connectivity index (χ2n) is 12.6. The van der Waals surface area contributed by atoms with Gasteiger partial charge in [-0.2, -0.15) is 5.26 Å². The van der Waals surface area contributed by atoms with E-state index in [-0.39, 0.29) is 50.3 Å². The van der Waals surface area contributed by atoms with Crippen LogP contribution in [0.1, 0.15) is 62.5 Å². The molecule has 0 radical (unpaired) electrons. The molecule has 0 saturated carbocycles. The summed E-state index contributed by atoms with van der Waals surface area (Å²) in [7, 11) is 0. The molecule has 5 amide bonds. The maximum Gasteiger partial charge on any atom is 0.262 e. The number of hydrogen-bond donors (Lipinski definition) is 5. The summed E-state index contributed by atoms with van der Waals surface area (Å²) in [6.45, 7) is 7.59. The molecule has 3 aromatic rings. The first-order chi connectivity index (χ1) is 23.3. The highest BCUT2D eigenvalue weighted by Crippen LogP contribution is 2.10. The van der Waals surface area contributed by atoms with Gasteiger partial charge < -0.3 is 31.0 Å². The first kappa shape index (κ1) is 37.8. The second kappa shape index (κ2) is 18.6. The van der Waals surface area contributed by atoms with Crippen LogP contribution in [0.3, 0.4) is 0 Å². The molecular formula is C37H44N6O6. The quantitative estimate of drug-likeness (QED) is 0.115. The molecule has 0 saturated heterocycles. The van der Waals surface area contributed by atoms with Crippen LogP contribution < -0.4 is 26.6 Å². The average molecular weight is 669 g/mol. The highest BCUT2D eigenvalue weighted by molar-refractivity contribution is 6.01. The smallest absolute Gasteiger partial charge is 0.262 e. The van der Waals surface area contributed by atoms with E-state index in [9.17, 15) is 29.2 Å². The standard InChI is InChI=1S/C37H44N6O6/c1-25-12-14-27(15-13-25)24-40-35(47)31(21-26-9-6-5-7-10-26)42-36(48)30(16-17-33(45)43-37(2,3)4)41-32(44)18-19-39-34(46)28(23-38)22-29-11-8-20-49-29/h5-15,20,22,30-31H,16-19,21,24H2,1-4H3,(H,39,46)(H,40,47)(H,41,44)(H,42,48)(H,43,45)/b28-22+/t30-,31-/m0/s1. The van der Waals surface area contributed by atoms with E-state index in [4.69, 9.17) is 4.42 Å². The van der Waals surface area contributed by atoms with E-state index in [0.717, 1.165) is 16.7 Å². The molecule has 1 heterocycles. The molecule has 0 aliphatic heterocycles. The molecule has 49 heavy (non-hydrogen) atoms. The van der Waals surface area contributed by atoms with Gasteiger partial charge in [-0.15, -0.1) is 0 Å². The third kappa shape index (κ3) is 13.9. The van der Waals surface area contributed by atoms with Crippen molar-refractivity contribution in [1.82, 2.24) is 26.6 Å². The summed E-state index contributed by atoms with van der Waals surface area (Å²) < 4.78 is 5.14. The zero-order valence-corrected chi connectivity index (χ0v) is 28.3. The predicted octanol–water partition coefficient (Wildman–Crippen LogP) is 3.22. The van der Waals surface area contributed by atoms with Gasteiger partial charge in [0.2, 0.25) is 23.6 Å². The lowest BCUT2D eigenvalue weighted by atomic mass is 10.0. The number of nitriles is 1. The van der Waals surface area contributed by atoms with Crippen LogP contribution in [0, 0.1) is 18.3 Å². The average Bonchev–Trinajstić information content (AvgIpc) is 3.57. The summed E-state index contributed by atoms with van der Waals surface area (Å²) in [5, 5.41) is 23.0. The lowest BCUT2D eigenvalue weighted by Crippen LogP contribution is -2.54. The van der Waals surface area contributed by atoms with Crippen LogP contribution in [-0.4, -0.2) is 53.7 Å². The number of furan rings is 1. The number of amides is 5. The number of hydrogen-bond acceptors (Lipinski definition) is 7. The molecule has 5 N–H and O–H groups in total. The zero-order chi connectivity index (χ0) is 35.8. The van der Waals surface area contributed by atoms with Crippen molar-refractivity contribution >= 4 is 35.6 Å². The van der Waals surface area contributed by atoms with Gasteiger partial charge in [-0.05, 0) is 57.4 Å². The van der Waals surface area contributed by atoms with Gasteiger partial charge in [0, 0.05) is 44.0 Å². The van der Waals surface area contributed by atoms with Crippen molar-refractivity contribution < 1.29 is 28.4 Å². The Hall–Kier alpha value is -5.70. The Morgan fingerprint density at radius 2 is 1.53 bits per heavy atom. The number of nitrogens with one attached hydrogen (secondary N) is 5. The summed E-state index contributed by atoms with van der Waals surface area (Å²) in [5.74, 6) is -2.31. The molecule has 0 unspecified atom stereocenters. The number of aryl methyl sites for hydroxylation is 1. The molecule has 0 spiro atoms. The van der Waals surface area contributed by atoms with Crippen molar-refractivity contribution in [3.05, 3.63) is 101 Å². The van der Waals surface area contributed by atoms with E-state index in [1.165, 1.54) is 12.3 Å². The van der Waals surface area contributed by atoms with Gasteiger partial charge >= 0.3 is 0 Å². The summed E-state index contributed by atoms with van der Waals surface area (Å²) in [6.07, 6.45) is 2.55. The first-order valence-corrected chi connectivity index (χ1v) is 16.0. The van der Waals surface area contributed by atoms with E-state index in [2.05, 4.69) is 26.6 Å². The van der Waals surface area contributed by atoms with Crippen LogP contribution in [0.25, 0.3) is 6.08 Å². The predicted molar refractivity (Wildman–Crippen MR) is 184 cm³/mol. The Balaban J connectivity index is 1.70. The molecule has 258 valence electrons. The van der Waals surface area contributed by atoms with E-state index in [1.807, 2.05) is 82.3 Å². The van der Waals surface area contributed by atoms with E-state index < -0.39 is 41.3 Å². The fourth-order valence-corrected chi connectivity index (χ4v) is 4.69. The van der Waals surface area contributed by atoms with Gasteiger partial charge in [0.05, 0.1) is 6.26 Å². The van der Waals surface area contributed by atoms with Gasteiger partial charge in [-0.25, -0.2) is 0 Å². The minimum absolute atomic E-state index is 0.0423. The zero-order valence-electron chi connectivity index (χ0n) is 28.3. The van der Waals surface area contributed by atoms with Crippen LogP contribution in [-0.2, 0) is 36.9 Å². The fourth-order valence-electron chi connectivity index (χ4n) is 4.69. The Morgan fingerprint density at radius 1 is 0.816 bits per heavy atom. The van der Waals surface area contributed by atoms with Gasteiger partial charge in [0.25, 0.3) is 5.91 Å². The van der Waals surface area contributed by atoms with Crippen molar-refractivity contribution in [2.45, 2.75) is 77.5 Å². The van der Waals surface area contributed by atoms with E-state index in [1.54, 1.807) is 18.2 Å². The van der Waals surface area contributed by atoms with Crippen molar-refractivity contribution in [3.8, 4) is 6.07 Å². The summed E-state index contributed by atoms with van der Waals surface area (Å²) >= 11 is 0. The highest BCUT2D eigenvalue weighted by atomic mass is 16.3. The molecular weight excluding hydrogens is 624 g/mol. The van der Waals surface area contributed by atoms with Crippen LogP contribution in [0.2, 0.25) is 0 Å². The lowest BCUT2D eigenvalue weighted by Gasteiger charge is -2.24. The normalized spacial score (nSPS) is 12.5. The van der Waals surface area contributed by atoms with E-state index >= 15 is 0 Å². The van der Waals surface area contributed by atoms with E-state index in [0.29, 0.717) is 5.76 Å².